The highest BCUT2D eigenvalue weighted by atomic mass is 32.1. The van der Waals surface area contributed by atoms with E-state index in [2.05, 4.69) is 17.1 Å². The van der Waals surface area contributed by atoms with Crippen LogP contribution in [0.4, 0.5) is 0 Å². The van der Waals surface area contributed by atoms with Gasteiger partial charge < -0.3 is 4.74 Å². The number of thiazole rings is 1. The number of nitriles is 1. The third kappa shape index (κ3) is 2.49. The molecule has 98 valence electrons. The average Bonchev–Trinajstić information content (AvgIpc) is 2.89. The Hall–Kier alpha value is -2.38. The van der Waals surface area contributed by atoms with Crippen molar-refractivity contribution in [2.45, 2.75) is 13.5 Å². The van der Waals surface area contributed by atoms with Gasteiger partial charge in [0.15, 0.2) is 0 Å². The minimum Gasteiger partial charge on any atom is -0.486 e. The smallest absolute Gasteiger partial charge is 0.140 e. The fourth-order valence-electron chi connectivity index (χ4n) is 1.95. The van der Waals surface area contributed by atoms with E-state index < -0.39 is 0 Å². The molecule has 0 saturated carbocycles. The second kappa shape index (κ2) is 5.32. The molecule has 1 aromatic heterocycles. The molecule has 4 heteroatoms. The standard InChI is InChI=1S/C16H12N2OS/c1-11-6-7-12(9-17)8-14(11)19-10-16-18-13-4-2-3-5-15(13)20-16/h2-8H,10H2,1H3. The molecule has 3 nitrogen and oxygen atoms in total. The van der Waals surface area contributed by atoms with E-state index in [0.29, 0.717) is 12.2 Å². The number of fused-ring (bicyclic) bond motifs is 1. The van der Waals surface area contributed by atoms with Crippen molar-refractivity contribution in [2.24, 2.45) is 0 Å². The number of benzene rings is 2. The maximum Gasteiger partial charge on any atom is 0.140 e. The van der Waals surface area contributed by atoms with E-state index in [1.54, 1.807) is 23.5 Å². The summed E-state index contributed by atoms with van der Waals surface area (Å²) in [6.07, 6.45) is 0. The highest BCUT2D eigenvalue weighted by Crippen LogP contribution is 2.24. The highest BCUT2D eigenvalue weighted by Gasteiger charge is 2.06. The first-order chi connectivity index (χ1) is 9.76. The van der Waals surface area contributed by atoms with Crippen LogP contribution in [0.15, 0.2) is 42.5 Å². The lowest BCUT2D eigenvalue weighted by Gasteiger charge is -2.07. The average molecular weight is 280 g/mol. The van der Waals surface area contributed by atoms with Gasteiger partial charge in [-0.25, -0.2) is 4.98 Å². The van der Waals surface area contributed by atoms with Crippen LogP contribution in [-0.2, 0) is 6.61 Å². The predicted octanol–water partition coefficient (Wildman–Crippen LogP) is 4.06. The number of hydrogen-bond acceptors (Lipinski definition) is 4. The van der Waals surface area contributed by atoms with Crippen LogP contribution >= 0.6 is 11.3 Å². The quantitative estimate of drug-likeness (QED) is 0.727. The summed E-state index contributed by atoms with van der Waals surface area (Å²) in [4.78, 5) is 4.53. The van der Waals surface area contributed by atoms with E-state index in [4.69, 9.17) is 10.00 Å². The van der Waals surface area contributed by atoms with Crippen molar-refractivity contribution in [1.82, 2.24) is 4.98 Å². The molecule has 0 bridgehead atoms. The molecule has 0 unspecified atom stereocenters. The molecular formula is C16H12N2OS. The fourth-order valence-corrected chi connectivity index (χ4v) is 2.83. The Morgan fingerprint density at radius 2 is 2.10 bits per heavy atom. The molecular weight excluding hydrogens is 268 g/mol. The molecule has 20 heavy (non-hydrogen) atoms. The molecule has 1 heterocycles. The van der Waals surface area contributed by atoms with Crippen molar-refractivity contribution in [1.29, 1.82) is 5.26 Å². The van der Waals surface area contributed by atoms with Gasteiger partial charge in [-0.1, -0.05) is 18.2 Å². The Balaban J connectivity index is 1.81. The lowest BCUT2D eigenvalue weighted by atomic mass is 10.1. The third-order valence-electron chi connectivity index (χ3n) is 3.01. The first-order valence-electron chi connectivity index (χ1n) is 6.24. The van der Waals surface area contributed by atoms with Gasteiger partial charge >= 0.3 is 0 Å². The van der Waals surface area contributed by atoms with Crippen molar-refractivity contribution in [3.63, 3.8) is 0 Å². The molecule has 0 saturated heterocycles. The van der Waals surface area contributed by atoms with E-state index in [0.717, 1.165) is 26.5 Å². The number of aryl methyl sites for hydroxylation is 1. The Morgan fingerprint density at radius 3 is 2.90 bits per heavy atom. The summed E-state index contributed by atoms with van der Waals surface area (Å²) in [5.74, 6) is 0.739. The summed E-state index contributed by atoms with van der Waals surface area (Å²) in [6.45, 7) is 2.39. The number of aromatic nitrogens is 1. The number of nitrogens with zero attached hydrogens (tertiary/aromatic N) is 2. The Labute approximate surface area is 121 Å². The zero-order valence-corrected chi connectivity index (χ0v) is 11.8. The second-order valence-electron chi connectivity index (χ2n) is 4.46. The summed E-state index contributed by atoms with van der Waals surface area (Å²) in [5.41, 5.74) is 2.62. The van der Waals surface area contributed by atoms with Crippen LogP contribution in [0, 0.1) is 18.3 Å². The maximum atomic E-state index is 8.92. The van der Waals surface area contributed by atoms with Crippen LogP contribution in [0.2, 0.25) is 0 Å². The van der Waals surface area contributed by atoms with Crippen LogP contribution in [0.1, 0.15) is 16.1 Å². The van der Waals surface area contributed by atoms with Crippen molar-refractivity contribution in [3.8, 4) is 11.8 Å². The van der Waals surface area contributed by atoms with E-state index >= 15 is 0 Å². The molecule has 2 aromatic carbocycles. The van der Waals surface area contributed by atoms with Gasteiger partial charge in [-0.2, -0.15) is 5.26 Å². The fraction of sp³-hybridized carbons (Fsp3) is 0.125. The van der Waals surface area contributed by atoms with Crippen molar-refractivity contribution >= 4 is 21.6 Å². The lowest BCUT2D eigenvalue weighted by molar-refractivity contribution is 0.303. The molecule has 0 amide bonds. The number of para-hydroxylation sites is 1. The van der Waals surface area contributed by atoms with E-state index in [1.807, 2.05) is 31.2 Å². The summed E-state index contributed by atoms with van der Waals surface area (Å²) < 4.78 is 6.95. The normalized spacial score (nSPS) is 10.4. The topological polar surface area (TPSA) is 45.9 Å². The Kier molecular flexibility index (Phi) is 3.36. The van der Waals surface area contributed by atoms with E-state index in [-0.39, 0.29) is 0 Å². The van der Waals surface area contributed by atoms with Crippen molar-refractivity contribution < 1.29 is 4.74 Å². The van der Waals surface area contributed by atoms with Gasteiger partial charge in [0, 0.05) is 0 Å². The Morgan fingerprint density at radius 1 is 1.25 bits per heavy atom. The van der Waals surface area contributed by atoms with Gasteiger partial charge in [0.1, 0.15) is 17.4 Å². The third-order valence-corrected chi connectivity index (χ3v) is 4.02. The zero-order chi connectivity index (χ0) is 13.9. The van der Waals surface area contributed by atoms with E-state index in [1.165, 1.54) is 0 Å². The molecule has 0 fully saturated rings. The van der Waals surface area contributed by atoms with Crippen LogP contribution in [0.25, 0.3) is 10.2 Å². The summed E-state index contributed by atoms with van der Waals surface area (Å²) in [6, 6.07) is 15.6. The largest absolute Gasteiger partial charge is 0.486 e. The second-order valence-corrected chi connectivity index (χ2v) is 5.57. The number of hydrogen-bond donors (Lipinski definition) is 0. The van der Waals surface area contributed by atoms with Crippen molar-refractivity contribution in [2.75, 3.05) is 0 Å². The van der Waals surface area contributed by atoms with Gasteiger partial charge in [0.05, 0.1) is 21.8 Å². The molecule has 0 aliphatic carbocycles. The molecule has 0 aliphatic heterocycles. The van der Waals surface area contributed by atoms with Gasteiger partial charge in [0.25, 0.3) is 0 Å². The predicted molar refractivity (Wildman–Crippen MR) is 79.8 cm³/mol. The number of ether oxygens (including phenoxy) is 1. The SMILES string of the molecule is Cc1ccc(C#N)cc1OCc1nc2ccccc2s1. The van der Waals surface area contributed by atoms with Crippen LogP contribution < -0.4 is 4.74 Å². The lowest BCUT2D eigenvalue weighted by Crippen LogP contribution is -1.96. The molecule has 3 aromatic rings. The van der Waals surface area contributed by atoms with Crippen LogP contribution in [0.3, 0.4) is 0 Å². The minimum atomic E-state index is 0.426. The molecule has 0 atom stereocenters. The first kappa shape index (κ1) is 12.6. The van der Waals surface area contributed by atoms with Crippen molar-refractivity contribution in [3.05, 3.63) is 58.6 Å². The Bertz CT molecular complexity index is 769. The molecule has 0 aliphatic rings. The molecule has 0 radical (unpaired) electrons. The maximum absolute atomic E-state index is 8.92. The molecule has 0 spiro atoms. The summed E-state index contributed by atoms with van der Waals surface area (Å²) >= 11 is 1.63. The van der Waals surface area contributed by atoms with Gasteiger partial charge in [-0.05, 0) is 36.8 Å². The highest BCUT2D eigenvalue weighted by molar-refractivity contribution is 7.18. The summed E-state index contributed by atoms with van der Waals surface area (Å²) in [5, 5.41) is 9.86. The van der Waals surface area contributed by atoms with Crippen LogP contribution in [0.5, 0.6) is 5.75 Å². The van der Waals surface area contributed by atoms with Gasteiger partial charge in [-0.15, -0.1) is 11.3 Å². The van der Waals surface area contributed by atoms with Gasteiger partial charge in [0.2, 0.25) is 0 Å². The van der Waals surface area contributed by atoms with Crippen LogP contribution in [-0.4, -0.2) is 4.98 Å². The molecule has 0 N–H and O–H groups in total. The first-order valence-corrected chi connectivity index (χ1v) is 7.06. The minimum absolute atomic E-state index is 0.426. The zero-order valence-electron chi connectivity index (χ0n) is 11.0. The van der Waals surface area contributed by atoms with E-state index in [9.17, 15) is 0 Å². The summed E-state index contributed by atoms with van der Waals surface area (Å²) in [7, 11) is 0. The van der Waals surface area contributed by atoms with Gasteiger partial charge in [-0.3, -0.25) is 0 Å². The molecule has 3 rings (SSSR count). The monoisotopic (exact) mass is 280 g/mol. The number of rotatable bonds is 3.